The number of aliphatic hydroxyl groups excluding tert-OH is 1. The van der Waals surface area contributed by atoms with E-state index in [1.54, 1.807) is 12.4 Å². The molecule has 128 valence electrons. The highest BCUT2D eigenvalue weighted by Gasteiger charge is 2.09. The van der Waals surface area contributed by atoms with Crippen molar-refractivity contribution >= 4 is 33.4 Å². The topological polar surface area (TPSA) is 83.0 Å². The second-order valence-corrected chi connectivity index (χ2v) is 6.48. The van der Waals surface area contributed by atoms with E-state index in [-0.39, 0.29) is 12.6 Å². The first-order valence-electron chi connectivity index (χ1n) is 7.83. The van der Waals surface area contributed by atoms with Crippen molar-refractivity contribution in [2.45, 2.75) is 13.0 Å². The second-order valence-electron chi connectivity index (χ2n) is 5.57. The van der Waals surface area contributed by atoms with Crippen LogP contribution in [0.4, 0.5) is 17.5 Å². The molecule has 0 saturated carbocycles. The first-order valence-corrected chi connectivity index (χ1v) is 8.63. The van der Waals surface area contributed by atoms with Gasteiger partial charge in [0.15, 0.2) is 0 Å². The summed E-state index contributed by atoms with van der Waals surface area (Å²) in [6.45, 7) is 1.86. The van der Waals surface area contributed by atoms with Crippen LogP contribution in [-0.2, 0) is 0 Å². The molecule has 1 aromatic carbocycles. The summed E-state index contributed by atoms with van der Waals surface area (Å²) >= 11 is 3.46. The highest BCUT2D eigenvalue weighted by Crippen LogP contribution is 2.24. The lowest BCUT2D eigenvalue weighted by Gasteiger charge is -2.14. The standard InChI is InChI=1S/C18H18BrN5O/c1-12(11-25)21-18-23-16(13-4-3-7-20-10-13)9-17(24-18)22-15-6-2-5-14(19)8-15/h2-10,12,25H,11H2,1H3,(H2,21,22,23,24)/t12-/m1/s1. The van der Waals surface area contributed by atoms with Crippen molar-refractivity contribution in [3.05, 3.63) is 59.3 Å². The number of benzene rings is 1. The van der Waals surface area contributed by atoms with E-state index < -0.39 is 0 Å². The van der Waals surface area contributed by atoms with E-state index in [0.29, 0.717) is 11.8 Å². The molecular formula is C18H18BrN5O. The molecule has 2 aromatic heterocycles. The van der Waals surface area contributed by atoms with Crippen molar-refractivity contribution in [1.29, 1.82) is 0 Å². The molecule has 0 aliphatic rings. The summed E-state index contributed by atoms with van der Waals surface area (Å²) < 4.78 is 0.978. The predicted octanol–water partition coefficient (Wildman–Crippen LogP) is 3.84. The van der Waals surface area contributed by atoms with Gasteiger partial charge >= 0.3 is 0 Å². The first-order chi connectivity index (χ1) is 12.1. The molecule has 3 aromatic rings. The van der Waals surface area contributed by atoms with Gasteiger partial charge in [0.25, 0.3) is 0 Å². The van der Waals surface area contributed by atoms with Gasteiger partial charge in [0.1, 0.15) is 5.82 Å². The van der Waals surface area contributed by atoms with Gasteiger partial charge in [-0.05, 0) is 37.3 Å². The SMILES string of the molecule is C[C@H](CO)Nc1nc(Nc2cccc(Br)c2)cc(-c2cccnc2)n1. The lowest BCUT2D eigenvalue weighted by Crippen LogP contribution is -2.21. The smallest absolute Gasteiger partial charge is 0.225 e. The molecule has 0 saturated heterocycles. The Morgan fingerprint density at radius 1 is 1.16 bits per heavy atom. The molecule has 2 heterocycles. The van der Waals surface area contributed by atoms with Crippen LogP contribution in [0.3, 0.4) is 0 Å². The minimum absolute atomic E-state index is 0.00509. The fourth-order valence-corrected chi connectivity index (χ4v) is 2.62. The van der Waals surface area contributed by atoms with Gasteiger partial charge < -0.3 is 15.7 Å². The van der Waals surface area contributed by atoms with E-state index >= 15 is 0 Å². The molecule has 0 aliphatic heterocycles. The quantitative estimate of drug-likeness (QED) is 0.583. The number of halogens is 1. The van der Waals surface area contributed by atoms with Gasteiger partial charge in [0.05, 0.1) is 12.3 Å². The van der Waals surface area contributed by atoms with E-state index in [1.165, 1.54) is 0 Å². The zero-order valence-corrected chi connectivity index (χ0v) is 15.2. The van der Waals surface area contributed by atoms with Gasteiger partial charge in [-0.15, -0.1) is 0 Å². The predicted molar refractivity (Wildman–Crippen MR) is 103 cm³/mol. The normalized spacial score (nSPS) is 11.8. The van der Waals surface area contributed by atoms with Gasteiger partial charge in [0.2, 0.25) is 5.95 Å². The van der Waals surface area contributed by atoms with Crippen LogP contribution in [0.25, 0.3) is 11.3 Å². The molecule has 0 amide bonds. The molecule has 3 rings (SSSR count). The average Bonchev–Trinajstić information content (AvgIpc) is 2.62. The Bertz CT molecular complexity index is 844. The fourth-order valence-electron chi connectivity index (χ4n) is 2.22. The maximum atomic E-state index is 9.27. The Morgan fingerprint density at radius 3 is 2.76 bits per heavy atom. The Kier molecular flexibility index (Phi) is 5.57. The molecule has 0 fully saturated rings. The number of aliphatic hydroxyl groups is 1. The third-order valence-corrected chi connectivity index (χ3v) is 3.92. The van der Waals surface area contributed by atoms with Crippen LogP contribution in [0.5, 0.6) is 0 Å². The number of nitrogens with zero attached hydrogens (tertiary/aromatic N) is 3. The van der Waals surface area contributed by atoms with Crippen LogP contribution in [0.15, 0.2) is 59.3 Å². The molecule has 3 N–H and O–H groups in total. The number of hydrogen-bond donors (Lipinski definition) is 3. The molecule has 0 aliphatic carbocycles. The van der Waals surface area contributed by atoms with Gasteiger partial charge in [-0.25, -0.2) is 4.98 Å². The monoisotopic (exact) mass is 399 g/mol. The largest absolute Gasteiger partial charge is 0.394 e. The zero-order chi connectivity index (χ0) is 17.6. The van der Waals surface area contributed by atoms with Gasteiger partial charge in [0, 0.05) is 40.2 Å². The van der Waals surface area contributed by atoms with Crippen molar-refractivity contribution in [3.63, 3.8) is 0 Å². The van der Waals surface area contributed by atoms with Crippen LogP contribution >= 0.6 is 15.9 Å². The number of hydrogen-bond acceptors (Lipinski definition) is 6. The van der Waals surface area contributed by atoms with Gasteiger partial charge in [-0.3, -0.25) is 4.98 Å². The van der Waals surface area contributed by atoms with E-state index in [4.69, 9.17) is 0 Å². The molecule has 25 heavy (non-hydrogen) atoms. The molecule has 0 unspecified atom stereocenters. The number of nitrogens with one attached hydrogen (secondary N) is 2. The molecule has 7 heteroatoms. The highest BCUT2D eigenvalue weighted by molar-refractivity contribution is 9.10. The van der Waals surface area contributed by atoms with Crippen molar-refractivity contribution in [2.24, 2.45) is 0 Å². The highest BCUT2D eigenvalue weighted by atomic mass is 79.9. The van der Waals surface area contributed by atoms with Crippen molar-refractivity contribution in [2.75, 3.05) is 17.2 Å². The van der Waals surface area contributed by atoms with Gasteiger partial charge in [-0.1, -0.05) is 22.0 Å². The number of aromatic nitrogens is 3. The molecule has 0 bridgehead atoms. The number of rotatable bonds is 6. The van der Waals surface area contributed by atoms with Crippen molar-refractivity contribution in [1.82, 2.24) is 15.0 Å². The summed E-state index contributed by atoms with van der Waals surface area (Å²) in [6, 6.07) is 13.4. The molecule has 6 nitrogen and oxygen atoms in total. The van der Waals surface area contributed by atoms with Crippen LogP contribution in [0, 0.1) is 0 Å². The van der Waals surface area contributed by atoms with E-state index in [9.17, 15) is 5.11 Å². The Balaban J connectivity index is 1.97. The summed E-state index contributed by atoms with van der Waals surface area (Å²) in [7, 11) is 0. The summed E-state index contributed by atoms with van der Waals surface area (Å²) in [5.74, 6) is 1.10. The Labute approximate surface area is 154 Å². The minimum atomic E-state index is -0.150. The van der Waals surface area contributed by atoms with Crippen LogP contribution in [0.1, 0.15) is 6.92 Å². The minimum Gasteiger partial charge on any atom is -0.394 e. The van der Waals surface area contributed by atoms with E-state index in [1.807, 2.05) is 49.4 Å². The molecule has 0 radical (unpaired) electrons. The molecule has 1 atom stereocenters. The Hall–Kier alpha value is -2.51. The maximum absolute atomic E-state index is 9.27. The number of anilines is 3. The summed E-state index contributed by atoms with van der Waals surface area (Å²) in [6.07, 6.45) is 3.48. The summed E-state index contributed by atoms with van der Waals surface area (Å²) in [4.78, 5) is 13.2. The second kappa shape index (κ2) is 8.04. The van der Waals surface area contributed by atoms with E-state index in [2.05, 4.69) is 41.5 Å². The van der Waals surface area contributed by atoms with Crippen LogP contribution in [0.2, 0.25) is 0 Å². The molecular weight excluding hydrogens is 382 g/mol. The van der Waals surface area contributed by atoms with Crippen LogP contribution in [-0.4, -0.2) is 32.7 Å². The lowest BCUT2D eigenvalue weighted by atomic mass is 10.2. The number of pyridine rings is 1. The third-order valence-electron chi connectivity index (χ3n) is 3.43. The third kappa shape index (κ3) is 4.74. The maximum Gasteiger partial charge on any atom is 0.225 e. The van der Waals surface area contributed by atoms with Crippen molar-refractivity contribution in [3.8, 4) is 11.3 Å². The fraction of sp³-hybridized carbons (Fsp3) is 0.167. The van der Waals surface area contributed by atoms with Crippen molar-refractivity contribution < 1.29 is 5.11 Å². The average molecular weight is 400 g/mol. The first kappa shape index (κ1) is 17.3. The summed E-state index contributed by atoms with van der Waals surface area (Å²) in [5.41, 5.74) is 2.54. The molecule has 0 spiro atoms. The Morgan fingerprint density at radius 2 is 2.04 bits per heavy atom. The van der Waals surface area contributed by atoms with E-state index in [0.717, 1.165) is 21.4 Å². The zero-order valence-electron chi connectivity index (χ0n) is 13.6. The van der Waals surface area contributed by atoms with Gasteiger partial charge in [-0.2, -0.15) is 4.98 Å². The lowest BCUT2D eigenvalue weighted by molar-refractivity contribution is 0.281. The summed E-state index contributed by atoms with van der Waals surface area (Å²) in [5, 5.41) is 15.6. The van der Waals surface area contributed by atoms with Crippen LogP contribution < -0.4 is 10.6 Å².